The van der Waals surface area contributed by atoms with Crippen LogP contribution in [0.3, 0.4) is 0 Å². The molecule has 100 valence electrons. The van der Waals surface area contributed by atoms with Crippen LogP contribution in [0, 0.1) is 0 Å². The van der Waals surface area contributed by atoms with Crippen molar-refractivity contribution in [3.05, 3.63) is 53.6 Å². The van der Waals surface area contributed by atoms with Crippen molar-refractivity contribution in [2.24, 2.45) is 0 Å². The van der Waals surface area contributed by atoms with Crippen LogP contribution in [0.25, 0.3) is 0 Å². The van der Waals surface area contributed by atoms with Crippen LogP contribution in [0.5, 0.6) is 11.5 Å². The first-order chi connectivity index (χ1) is 9.03. The van der Waals surface area contributed by atoms with Crippen molar-refractivity contribution in [1.29, 1.82) is 0 Å². The van der Waals surface area contributed by atoms with Gasteiger partial charge in [-0.2, -0.15) is 8.42 Å². The first-order valence-electron chi connectivity index (χ1n) is 5.36. The molecule has 0 aliphatic rings. The third-order valence-electron chi connectivity index (χ3n) is 2.34. The number of ether oxygens (including phenoxy) is 1. The quantitative estimate of drug-likeness (QED) is 0.814. The maximum atomic E-state index is 12.2. The van der Waals surface area contributed by atoms with E-state index in [1.165, 1.54) is 19.2 Å². The number of halogens is 1. The van der Waals surface area contributed by atoms with Crippen LogP contribution in [0.15, 0.2) is 53.4 Å². The minimum Gasteiger partial charge on any atom is -0.495 e. The topological polar surface area (TPSA) is 52.6 Å². The second-order valence-corrected chi connectivity index (χ2v) is 5.60. The van der Waals surface area contributed by atoms with E-state index in [0.29, 0.717) is 0 Å². The van der Waals surface area contributed by atoms with E-state index in [9.17, 15) is 8.42 Å². The highest BCUT2D eigenvalue weighted by molar-refractivity contribution is 7.87. The zero-order valence-corrected chi connectivity index (χ0v) is 11.6. The summed E-state index contributed by atoms with van der Waals surface area (Å²) in [4.78, 5) is -0.105. The molecular formula is C13H11ClO4S. The van der Waals surface area contributed by atoms with E-state index in [0.717, 1.165) is 0 Å². The van der Waals surface area contributed by atoms with Crippen molar-refractivity contribution in [3.63, 3.8) is 0 Å². The molecule has 6 heteroatoms. The van der Waals surface area contributed by atoms with Gasteiger partial charge in [-0.3, -0.25) is 0 Å². The Morgan fingerprint density at radius 3 is 2.37 bits per heavy atom. The molecule has 0 aliphatic carbocycles. The maximum Gasteiger partial charge on any atom is 0.342 e. The van der Waals surface area contributed by atoms with E-state index in [1.54, 1.807) is 36.4 Å². The molecule has 0 fully saturated rings. The minimum atomic E-state index is -3.99. The van der Waals surface area contributed by atoms with Gasteiger partial charge >= 0.3 is 10.1 Å². The van der Waals surface area contributed by atoms with Crippen molar-refractivity contribution >= 4 is 21.7 Å². The normalized spacial score (nSPS) is 11.1. The van der Waals surface area contributed by atoms with Crippen molar-refractivity contribution in [3.8, 4) is 11.5 Å². The Hall–Kier alpha value is -1.72. The molecule has 0 saturated carbocycles. The molecule has 0 saturated heterocycles. The molecule has 0 N–H and O–H groups in total. The van der Waals surface area contributed by atoms with Crippen molar-refractivity contribution < 1.29 is 17.3 Å². The third kappa shape index (κ3) is 3.19. The molecule has 0 heterocycles. The molecule has 0 bridgehead atoms. The second kappa shape index (κ2) is 5.50. The van der Waals surface area contributed by atoms with Crippen LogP contribution < -0.4 is 8.92 Å². The largest absolute Gasteiger partial charge is 0.495 e. The molecule has 19 heavy (non-hydrogen) atoms. The summed E-state index contributed by atoms with van der Waals surface area (Å²) in [5, 5.41) is 0.288. The van der Waals surface area contributed by atoms with Crippen molar-refractivity contribution in [2.45, 2.75) is 4.90 Å². The molecule has 2 aromatic rings. The number of methoxy groups -OCH3 is 1. The summed E-state index contributed by atoms with van der Waals surface area (Å²) in [5.41, 5.74) is 0. The zero-order chi connectivity index (χ0) is 13.9. The fourth-order valence-electron chi connectivity index (χ4n) is 1.49. The third-order valence-corrected chi connectivity index (χ3v) is 3.85. The van der Waals surface area contributed by atoms with Gasteiger partial charge in [0.2, 0.25) is 0 Å². The maximum absolute atomic E-state index is 12.2. The van der Waals surface area contributed by atoms with Gasteiger partial charge in [0.05, 0.1) is 7.11 Å². The summed E-state index contributed by atoms with van der Waals surface area (Å²) >= 11 is 5.81. The number of para-hydroxylation sites is 1. The molecule has 0 spiro atoms. The summed E-state index contributed by atoms with van der Waals surface area (Å²) in [6.07, 6.45) is 0. The van der Waals surface area contributed by atoms with E-state index in [2.05, 4.69) is 0 Å². The standard InChI is InChI=1S/C13H11ClO4S/c1-17-12-8-7-10(14)9-13(12)19(15,16)18-11-5-3-2-4-6-11/h2-9H,1H3. The van der Waals surface area contributed by atoms with Gasteiger partial charge in [-0.05, 0) is 30.3 Å². The van der Waals surface area contributed by atoms with Gasteiger partial charge in [0, 0.05) is 5.02 Å². The van der Waals surface area contributed by atoms with Crippen LogP contribution in [-0.4, -0.2) is 15.5 Å². The molecule has 2 rings (SSSR count). The highest BCUT2D eigenvalue weighted by Gasteiger charge is 2.22. The van der Waals surface area contributed by atoms with Crippen LogP contribution in [0.2, 0.25) is 5.02 Å². The van der Waals surface area contributed by atoms with Gasteiger partial charge in [-0.1, -0.05) is 29.8 Å². The Labute approximate surface area is 116 Å². The molecule has 4 nitrogen and oxygen atoms in total. The van der Waals surface area contributed by atoms with E-state index in [1.807, 2.05) is 0 Å². The van der Waals surface area contributed by atoms with Gasteiger partial charge in [0.15, 0.2) is 0 Å². The van der Waals surface area contributed by atoms with Gasteiger partial charge in [0.1, 0.15) is 16.4 Å². The van der Waals surface area contributed by atoms with E-state index in [4.69, 9.17) is 20.5 Å². The molecule has 0 atom stereocenters. The molecule has 0 aliphatic heterocycles. The van der Waals surface area contributed by atoms with Gasteiger partial charge in [-0.15, -0.1) is 0 Å². The number of rotatable bonds is 4. The predicted molar refractivity (Wildman–Crippen MR) is 72.3 cm³/mol. The summed E-state index contributed by atoms with van der Waals surface area (Å²) in [6.45, 7) is 0. The lowest BCUT2D eigenvalue weighted by atomic mass is 10.3. The number of hydrogen-bond donors (Lipinski definition) is 0. The average Bonchev–Trinajstić information content (AvgIpc) is 2.39. The minimum absolute atomic E-state index is 0.105. The number of hydrogen-bond acceptors (Lipinski definition) is 4. The fourth-order valence-corrected chi connectivity index (χ4v) is 2.85. The second-order valence-electron chi connectivity index (χ2n) is 3.65. The monoisotopic (exact) mass is 298 g/mol. The first kappa shape index (κ1) is 13.7. The molecule has 0 amide bonds. The Morgan fingerprint density at radius 2 is 1.74 bits per heavy atom. The van der Waals surface area contributed by atoms with Crippen LogP contribution >= 0.6 is 11.6 Å². The summed E-state index contributed by atoms with van der Waals surface area (Å²) in [6, 6.07) is 12.5. The fraction of sp³-hybridized carbons (Fsp3) is 0.0769. The highest BCUT2D eigenvalue weighted by Crippen LogP contribution is 2.29. The smallest absolute Gasteiger partial charge is 0.342 e. The molecule has 0 radical (unpaired) electrons. The summed E-state index contributed by atoms with van der Waals surface area (Å²) < 4.78 is 34.4. The van der Waals surface area contributed by atoms with E-state index < -0.39 is 10.1 Å². The summed E-state index contributed by atoms with van der Waals surface area (Å²) in [7, 11) is -2.61. The van der Waals surface area contributed by atoms with Crippen LogP contribution in [-0.2, 0) is 10.1 Å². The van der Waals surface area contributed by atoms with Crippen LogP contribution in [0.4, 0.5) is 0 Å². The highest BCUT2D eigenvalue weighted by atomic mass is 35.5. The average molecular weight is 299 g/mol. The predicted octanol–water partition coefficient (Wildman–Crippen LogP) is 3.12. The lowest BCUT2D eigenvalue weighted by Crippen LogP contribution is -2.11. The summed E-state index contributed by atoms with van der Waals surface area (Å²) in [5.74, 6) is 0.407. The Kier molecular flexibility index (Phi) is 3.97. The Balaban J connectivity index is 2.42. The van der Waals surface area contributed by atoms with Gasteiger partial charge in [-0.25, -0.2) is 0 Å². The lowest BCUT2D eigenvalue weighted by molar-refractivity contribution is 0.398. The molecular weight excluding hydrogens is 288 g/mol. The number of benzene rings is 2. The molecule has 2 aromatic carbocycles. The SMILES string of the molecule is COc1ccc(Cl)cc1S(=O)(=O)Oc1ccccc1. The van der Waals surface area contributed by atoms with E-state index >= 15 is 0 Å². The Bertz CT molecular complexity index is 668. The Morgan fingerprint density at radius 1 is 1.05 bits per heavy atom. The van der Waals surface area contributed by atoms with Crippen molar-refractivity contribution in [1.82, 2.24) is 0 Å². The first-order valence-corrected chi connectivity index (χ1v) is 7.14. The molecule has 0 unspecified atom stereocenters. The van der Waals surface area contributed by atoms with E-state index in [-0.39, 0.29) is 21.4 Å². The van der Waals surface area contributed by atoms with Crippen molar-refractivity contribution in [2.75, 3.05) is 7.11 Å². The van der Waals surface area contributed by atoms with Gasteiger partial charge < -0.3 is 8.92 Å². The molecule has 0 aromatic heterocycles. The van der Waals surface area contributed by atoms with Crippen LogP contribution in [0.1, 0.15) is 0 Å². The van der Waals surface area contributed by atoms with Gasteiger partial charge in [0.25, 0.3) is 0 Å². The zero-order valence-electron chi connectivity index (χ0n) is 10.0. The lowest BCUT2D eigenvalue weighted by Gasteiger charge is -2.10.